The molecule has 2 rings (SSSR count). The number of aromatic carboxylic acids is 1. The van der Waals surface area contributed by atoms with Gasteiger partial charge in [0.25, 0.3) is 0 Å². The van der Waals surface area contributed by atoms with E-state index in [1.807, 2.05) is 6.26 Å². The maximum Gasteiger partial charge on any atom is 0.341 e. The molecule has 0 amide bonds. The van der Waals surface area contributed by atoms with Crippen LogP contribution in [0.5, 0.6) is 11.8 Å². The van der Waals surface area contributed by atoms with Gasteiger partial charge < -0.3 is 9.84 Å². The third-order valence-electron chi connectivity index (χ3n) is 2.20. The van der Waals surface area contributed by atoms with Crippen molar-refractivity contribution in [1.82, 2.24) is 14.8 Å². The van der Waals surface area contributed by atoms with E-state index in [9.17, 15) is 9.90 Å². The van der Waals surface area contributed by atoms with Crippen molar-refractivity contribution in [2.24, 2.45) is 7.05 Å². The standard InChI is InChI=1S/C11H11N3O3S/c1-14-6-12-11(13-14)17-7-4-3-5-8(18-2)9(7)10(15)16/h3-6H,1-2H3,(H,15,16). The van der Waals surface area contributed by atoms with Gasteiger partial charge in [0.05, 0.1) is 0 Å². The molecule has 0 aliphatic carbocycles. The lowest BCUT2D eigenvalue weighted by Crippen LogP contribution is -2.02. The molecule has 1 aromatic carbocycles. The highest BCUT2D eigenvalue weighted by Gasteiger charge is 2.17. The number of benzene rings is 1. The van der Waals surface area contributed by atoms with E-state index in [4.69, 9.17) is 4.74 Å². The Hall–Kier alpha value is -2.02. The molecule has 0 radical (unpaired) electrons. The zero-order chi connectivity index (χ0) is 13.1. The summed E-state index contributed by atoms with van der Waals surface area (Å²) in [7, 11) is 1.70. The van der Waals surface area contributed by atoms with Crippen LogP contribution >= 0.6 is 11.8 Å². The molecule has 0 atom stereocenters. The number of carbonyl (C=O) groups is 1. The fourth-order valence-electron chi connectivity index (χ4n) is 1.44. The predicted octanol–water partition coefficient (Wildman–Crippen LogP) is 2.03. The normalized spacial score (nSPS) is 10.3. The third-order valence-corrected chi connectivity index (χ3v) is 2.98. The van der Waals surface area contributed by atoms with Gasteiger partial charge in [-0.2, -0.15) is 4.98 Å². The minimum Gasteiger partial charge on any atom is -0.478 e. The molecule has 0 saturated heterocycles. The zero-order valence-corrected chi connectivity index (χ0v) is 10.6. The average Bonchev–Trinajstić information content (AvgIpc) is 2.74. The average molecular weight is 265 g/mol. The van der Waals surface area contributed by atoms with Crippen LogP contribution in [0.3, 0.4) is 0 Å². The molecule has 7 heteroatoms. The number of hydrogen-bond acceptors (Lipinski definition) is 5. The first kappa shape index (κ1) is 12.4. The fraction of sp³-hybridized carbons (Fsp3) is 0.182. The molecule has 0 saturated carbocycles. The number of ether oxygens (including phenoxy) is 1. The van der Waals surface area contributed by atoms with Gasteiger partial charge >= 0.3 is 12.0 Å². The van der Waals surface area contributed by atoms with E-state index in [0.29, 0.717) is 4.90 Å². The quantitative estimate of drug-likeness (QED) is 0.852. The molecule has 0 aliphatic rings. The fourth-order valence-corrected chi connectivity index (χ4v) is 2.05. The van der Waals surface area contributed by atoms with E-state index < -0.39 is 5.97 Å². The summed E-state index contributed by atoms with van der Waals surface area (Å²) in [6.07, 6.45) is 3.29. The van der Waals surface area contributed by atoms with Crippen LogP contribution in [0.1, 0.15) is 10.4 Å². The van der Waals surface area contributed by atoms with E-state index in [1.165, 1.54) is 22.8 Å². The highest BCUT2D eigenvalue weighted by Crippen LogP contribution is 2.30. The van der Waals surface area contributed by atoms with Gasteiger partial charge in [0.2, 0.25) is 0 Å². The minimum atomic E-state index is -1.04. The number of aromatic nitrogens is 3. The maximum absolute atomic E-state index is 11.3. The van der Waals surface area contributed by atoms with Crippen molar-refractivity contribution in [1.29, 1.82) is 0 Å². The van der Waals surface area contributed by atoms with Crippen molar-refractivity contribution in [2.45, 2.75) is 4.90 Å². The Balaban J connectivity index is 2.41. The summed E-state index contributed by atoms with van der Waals surface area (Å²) < 4.78 is 6.88. The lowest BCUT2D eigenvalue weighted by molar-refractivity contribution is 0.0690. The molecule has 1 N–H and O–H groups in total. The summed E-state index contributed by atoms with van der Waals surface area (Å²) >= 11 is 1.35. The van der Waals surface area contributed by atoms with Gasteiger partial charge in [0.15, 0.2) is 0 Å². The third kappa shape index (κ3) is 2.45. The van der Waals surface area contributed by atoms with Gasteiger partial charge in [0.1, 0.15) is 17.6 Å². The molecule has 0 fully saturated rings. The summed E-state index contributed by atoms with van der Waals surface area (Å²) in [4.78, 5) is 15.8. The molecule has 0 spiro atoms. The van der Waals surface area contributed by atoms with Crippen LogP contribution in [-0.4, -0.2) is 32.1 Å². The highest BCUT2D eigenvalue weighted by atomic mass is 32.2. The number of rotatable bonds is 4. The molecule has 6 nitrogen and oxygen atoms in total. The number of aryl methyl sites for hydroxylation is 1. The number of carboxylic acid groups (broad SMARTS) is 1. The first-order valence-electron chi connectivity index (χ1n) is 5.05. The number of thioether (sulfide) groups is 1. The summed E-state index contributed by atoms with van der Waals surface area (Å²) in [5.41, 5.74) is 0.123. The lowest BCUT2D eigenvalue weighted by atomic mass is 10.2. The van der Waals surface area contributed by atoms with Gasteiger partial charge in [-0.25, -0.2) is 4.79 Å². The Morgan fingerprint density at radius 1 is 1.50 bits per heavy atom. The van der Waals surface area contributed by atoms with Gasteiger partial charge in [-0.05, 0) is 18.4 Å². The van der Waals surface area contributed by atoms with Crippen molar-refractivity contribution < 1.29 is 14.6 Å². The number of carboxylic acids is 1. The lowest BCUT2D eigenvalue weighted by Gasteiger charge is -2.08. The van der Waals surface area contributed by atoms with E-state index >= 15 is 0 Å². The summed E-state index contributed by atoms with van der Waals surface area (Å²) in [6, 6.07) is 5.17. The molecule has 18 heavy (non-hydrogen) atoms. The second-order valence-corrected chi connectivity index (χ2v) is 4.29. The highest BCUT2D eigenvalue weighted by molar-refractivity contribution is 7.98. The monoisotopic (exact) mass is 265 g/mol. The van der Waals surface area contributed by atoms with Crippen molar-refractivity contribution in [3.63, 3.8) is 0 Å². The van der Waals surface area contributed by atoms with Crippen LogP contribution in [0.2, 0.25) is 0 Å². The van der Waals surface area contributed by atoms with Crippen LogP contribution in [0.25, 0.3) is 0 Å². The van der Waals surface area contributed by atoms with Crippen LogP contribution < -0.4 is 4.74 Å². The van der Waals surface area contributed by atoms with Gasteiger partial charge in [-0.15, -0.1) is 16.9 Å². The smallest absolute Gasteiger partial charge is 0.341 e. The van der Waals surface area contributed by atoms with Gasteiger partial charge in [0, 0.05) is 11.9 Å². The second kappa shape index (κ2) is 5.09. The molecule has 0 bridgehead atoms. The van der Waals surface area contributed by atoms with Crippen LogP contribution in [0.15, 0.2) is 29.4 Å². The van der Waals surface area contributed by atoms with Crippen LogP contribution in [0.4, 0.5) is 0 Å². The van der Waals surface area contributed by atoms with Crippen LogP contribution in [0, 0.1) is 0 Å². The van der Waals surface area contributed by atoms with Crippen LogP contribution in [-0.2, 0) is 7.05 Å². The Bertz CT molecular complexity index is 583. The second-order valence-electron chi connectivity index (χ2n) is 3.44. The SMILES string of the molecule is CSc1cccc(Oc2ncn(C)n2)c1C(=O)O. The predicted molar refractivity (Wildman–Crippen MR) is 66.3 cm³/mol. The largest absolute Gasteiger partial charge is 0.478 e. The molecule has 2 aromatic rings. The topological polar surface area (TPSA) is 77.2 Å². The molecule has 94 valence electrons. The molecule has 1 aromatic heterocycles. The van der Waals surface area contributed by atoms with Crippen molar-refractivity contribution in [2.75, 3.05) is 6.26 Å². The summed E-state index contributed by atoms with van der Waals surface area (Å²) in [5, 5.41) is 13.2. The van der Waals surface area contributed by atoms with E-state index in [2.05, 4.69) is 10.1 Å². The van der Waals surface area contributed by atoms with Crippen molar-refractivity contribution in [3.8, 4) is 11.8 Å². The number of hydrogen-bond donors (Lipinski definition) is 1. The minimum absolute atomic E-state index is 0.123. The molecule has 0 unspecified atom stereocenters. The maximum atomic E-state index is 11.3. The Kier molecular flexibility index (Phi) is 3.52. The van der Waals surface area contributed by atoms with Gasteiger partial charge in [-0.3, -0.25) is 4.68 Å². The molecular weight excluding hydrogens is 254 g/mol. The van der Waals surface area contributed by atoms with Gasteiger partial charge in [-0.1, -0.05) is 6.07 Å². The number of nitrogens with zero attached hydrogens (tertiary/aromatic N) is 3. The Morgan fingerprint density at radius 3 is 2.83 bits per heavy atom. The van der Waals surface area contributed by atoms with Crippen molar-refractivity contribution in [3.05, 3.63) is 30.1 Å². The molecule has 1 heterocycles. The Labute approximate surface area is 108 Å². The first-order chi connectivity index (χ1) is 8.61. The van der Waals surface area contributed by atoms with E-state index in [0.717, 1.165) is 0 Å². The summed E-state index contributed by atoms with van der Waals surface area (Å²) in [5.74, 6) is -0.800. The first-order valence-corrected chi connectivity index (χ1v) is 6.28. The van der Waals surface area contributed by atoms with Crippen molar-refractivity contribution >= 4 is 17.7 Å². The van der Waals surface area contributed by atoms with E-state index in [-0.39, 0.29) is 17.3 Å². The summed E-state index contributed by atoms with van der Waals surface area (Å²) in [6.45, 7) is 0. The molecule has 0 aliphatic heterocycles. The zero-order valence-electron chi connectivity index (χ0n) is 9.82. The van der Waals surface area contributed by atoms with E-state index in [1.54, 1.807) is 25.2 Å². The molecular formula is C11H11N3O3S. The Morgan fingerprint density at radius 2 is 2.28 bits per heavy atom.